The van der Waals surface area contributed by atoms with E-state index in [1.165, 1.54) is 10.5 Å². The molecule has 3 rings (SSSR count). The van der Waals surface area contributed by atoms with Gasteiger partial charge in [0.15, 0.2) is 0 Å². The van der Waals surface area contributed by atoms with Gasteiger partial charge < -0.3 is 5.32 Å². The number of thioether (sulfide) groups is 1. The van der Waals surface area contributed by atoms with Gasteiger partial charge in [0.1, 0.15) is 0 Å². The normalized spacial score (nSPS) is 28.2. The van der Waals surface area contributed by atoms with Crippen molar-refractivity contribution < 1.29 is 4.79 Å². The Morgan fingerprint density at radius 2 is 2.06 bits per heavy atom. The third-order valence-electron chi connectivity index (χ3n) is 2.84. The van der Waals surface area contributed by atoms with Gasteiger partial charge in [0.25, 0.3) is 0 Å². The van der Waals surface area contributed by atoms with E-state index in [9.17, 15) is 4.79 Å². The van der Waals surface area contributed by atoms with Gasteiger partial charge in [0, 0.05) is 4.91 Å². The molecule has 1 saturated heterocycles. The van der Waals surface area contributed by atoms with Gasteiger partial charge in [-0.25, -0.2) is 0 Å². The number of hydrogen-bond donors (Lipinski definition) is 2. The van der Waals surface area contributed by atoms with Gasteiger partial charge in [-0.1, -0.05) is 36.4 Å². The van der Waals surface area contributed by atoms with Crippen LogP contribution in [0.2, 0.25) is 0 Å². The van der Waals surface area contributed by atoms with Crippen LogP contribution < -0.4 is 10.6 Å². The minimum Gasteiger partial charge on any atom is -0.343 e. The largest absolute Gasteiger partial charge is 0.343 e. The van der Waals surface area contributed by atoms with Crippen molar-refractivity contribution in [1.82, 2.24) is 10.6 Å². The van der Waals surface area contributed by atoms with Crippen LogP contribution in [0, 0.1) is 5.92 Å². The lowest BCUT2D eigenvalue weighted by atomic mass is 10.1. The molecule has 1 fully saturated rings. The fourth-order valence-corrected chi connectivity index (χ4v) is 3.29. The summed E-state index contributed by atoms with van der Waals surface area (Å²) in [5.74, 6) is 0.0936. The molecule has 2 aliphatic rings. The van der Waals surface area contributed by atoms with E-state index < -0.39 is 0 Å². The average Bonchev–Trinajstić information content (AvgIpc) is 2.76. The first-order chi connectivity index (χ1) is 7.84. The number of benzene rings is 1. The third kappa shape index (κ3) is 1.64. The Kier molecular flexibility index (Phi) is 2.46. The summed E-state index contributed by atoms with van der Waals surface area (Å²) in [7, 11) is 0. The molecule has 1 aromatic rings. The summed E-state index contributed by atoms with van der Waals surface area (Å²) >= 11 is 1.74. The molecule has 0 saturated carbocycles. The van der Waals surface area contributed by atoms with Crippen LogP contribution in [0.3, 0.4) is 0 Å². The summed E-state index contributed by atoms with van der Waals surface area (Å²) in [4.78, 5) is 12.8. The minimum absolute atomic E-state index is 0.0334. The molecule has 2 atom stereocenters. The molecule has 4 heteroatoms. The van der Waals surface area contributed by atoms with Crippen LogP contribution in [0.4, 0.5) is 0 Å². The molecule has 1 amide bonds. The molecule has 0 bridgehead atoms. The van der Waals surface area contributed by atoms with E-state index in [1.54, 1.807) is 11.8 Å². The summed E-state index contributed by atoms with van der Waals surface area (Å²) in [6, 6.07) is 10.2. The number of fused-ring (bicyclic) bond motifs is 1. The van der Waals surface area contributed by atoms with E-state index in [2.05, 4.69) is 28.8 Å². The van der Waals surface area contributed by atoms with Gasteiger partial charge in [-0.05, 0) is 5.56 Å². The molecule has 0 radical (unpaired) electrons. The molecule has 2 heterocycles. The Hall–Kier alpha value is -1.26. The van der Waals surface area contributed by atoms with Crippen molar-refractivity contribution in [2.24, 2.45) is 5.92 Å². The molecular weight excluding hydrogens is 220 g/mol. The van der Waals surface area contributed by atoms with Gasteiger partial charge in [0.2, 0.25) is 5.91 Å². The highest BCUT2D eigenvalue weighted by Crippen LogP contribution is 2.41. The molecule has 1 aromatic carbocycles. The number of hydrogen-bond acceptors (Lipinski definition) is 3. The molecule has 3 nitrogen and oxygen atoms in total. The van der Waals surface area contributed by atoms with Crippen molar-refractivity contribution in [3.05, 3.63) is 42.0 Å². The average molecular weight is 232 g/mol. The van der Waals surface area contributed by atoms with Crippen LogP contribution in [-0.2, 0) is 4.79 Å². The highest BCUT2D eigenvalue weighted by atomic mass is 32.2. The van der Waals surface area contributed by atoms with E-state index in [1.807, 2.05) is 18.2 Å². The van der Waals surface area contributed by atoms with Crippen LogP contribution in [0.25, 0.3) is 4.91 Å². The highest BCUT2D eigenvalue weighted by Gasteiger charge is 2.36. The molecular formula is C12H12N2OS. The Bertz CT molecular complexity index is 444. The van der Waals surface area contributed by atoms with Crippen LogP contribution in [0.5, 0.6) is 0 Å². The standard InChI is InChI=1S/C12H12N2OS/c15-11-9-6-10(8-4-2-1-3-5-8)16-12(9)14-7-13-11/h1-6,9,12,14H,7H2,(H,13,15). The minimum atomic E-state index is -0.0334. The topological polar surface area (TPSA) is 41.1 Å². The Morgan fingerprint density at radius 1 is 1.25 bits per heavy atom. The van der Waals surface area contributed by atoms with Gasteiger partial charge in [-0.3, -0.25) is 10.1 Å². The lowest BCUT2D eigenvalue weighted by Crippen LogP contribution is -2.51. The number of amides is 1. The maximum absolute atomic E-state index is 11.6. The Balaban J connectivity index is 1.89. The van der Waals surface area contributed by atoms with Crippen molar-refractivity contribution in [2.75, 3.05) is 6.67 Å². The van der Waals surface area contributed by atoms with Crippen molar-refractivity contribution in [1.29, 1.82) is 0 Å². The van der Waals surface area contributed by atoms with E-state index in [0.717, 1.165) is 0 Å². The Morgan fingerprint density at radius 3 is 2.81 bits per heavy atom. The van der Waals surface area contributed by atoms with Crippen molar-refractivity contribution in [3.8, 4) is 0 Å². The van der Waals surface area contributed by atoms with E-state index >= 15 is 0 Å². The molecule has 2 aliphatic heterocycles. The fourth-order valence-electron chi connectivity index (χ4n) is 2.00. The zero-order valence-corrected chi connectivity index (χ0v) is 9.46. The van der Waals surface area contributed by atoms with Crippen molar-refractivity contribution in [3.63, 3.8) is 0 Å². The zero-order valence-electron chi connectivity index (χ0n) is 8.64. The van der Waals surface area contributed by atoms with Crippen LogP contribution in [0.15, 0.2) is 36.4 Å². The van der Waals surface area contributed by atoms with Crippen molar-refractivity contribution in [2.45, 2.75) is 5.37 Å². The third-order valence-corrected chi connectivity index (χ3v) is 4.18. The molecule has 0 spiro atoms. The quantitative estimate of drug-likeness (QED) is 0.769. The molecule has 0 aromatic heterocycles. The molecule has 2 N–H and O–H groups in total. The molecule has 82 valence electrons. The first kappa shape index (κ1) is 9.93. The zero-order chi connectivity index (χ0) is 11.0. The van der Waals surface area contributed by atoms with E-state index in [-0.39, 0.29) is 17.2 Å². The maximum atomic E-state index is 11.6. The number of nitrogens with one attached hydrogen (secondary N) is 2. The van der Waals surface area contributed by atoms with Crippen LogP contribution in [-0.4, -0.2) is 17.9 Å². The highest BCUT2D eigenvalue weighted by molar-refractivity contribution is 8.09. The molecule has 2 unspecified atom stereocenters. The van der Waals surface area contributed by atoms with Crippen LogP contribution in [0.1, 0.15) is 5.56 Å². The fraction of sp³-hybridized carbons (Fsp3) is 0.250. The summed E-state index contributed by atoms with van der Waals surface area (Å²) in [5.41, 5.74) is 1.19. The number of rotatable bonds is 1. The maximum Gasteiger partial charge on any atom is 0.230 e. The number of carbonyl (C=O) groups is 1. The summed E-state index contributed by atoms with van der Waals surface area (Å²) in [6.07, 6.45) is 2.06. The second-order valence-corrected chi connectivity index (χ2v) is 5.07. The summed E-state index contributed by atoms with van der Waals surface area (Å²) < 4.78 is 0. The van der Waals surface area contributed by atoms with Crippen LogP contribution >= 0.6 is 11.8 Å². The smallest absolute Gasteiger partial charge is 0.230 e. The predicted molar refractivity (Wildman–Crippen MR) is 65.4 cm³/mol. The van der Waals surface area contributed by atoms with Crippen molar-refractivity contribution >= 4 is 22.6 Å². The van der Waals surface area contributed by atoms with Gasteiger partial charge in [-0.15, -0.1) is 11.8 Å². The van der Waals surface area contributed by atoms with Gasteiger partial charge in [-0.2, -0.15) is 0 Å². The summed E-state index contributed by atoms with van der Waals surface area (Å²) in [6.45, 7) is 0.572. The first-order valence-corrected chi connectivity index (χ1v) is 6.17. The Labute approximate surface area is 98.3 Å². The first-order valence-electron chi connectivity index (χ1n) is 5.29. The number of carbonyl (C=O) groups excluding carboxylic acids is 1. The van der Waals surface area contributed by atoms with Gasteiger partial charge in [0.05, 0.1) is 18.0 Å². The predicted octanol–water partition coefficient (Wildman–Crippen LogP) is 1.39. The second-order valence-electron chi connectivity index (χ2n) is 3.88. The lowest BCUT2D eigenvalue weighted by Gasteiger charge is -2.25. The molecule has 0 aliphatic carbocycles. The second kappa shape index (κ2) is 3.96. The van der Waals surface area contributed by atoms with E-state index in [0.29, 0.717) is 6.67 Å². The van der Waals surface area contributed by atoms with E-state index in [4.69, 9.17) is 0 Å². The van der Waals surface area contributed by atoms with Gasteiger partial charge >= 0.3 is 0 Å². The summed E-state index contributed by atoms with van der Waals surface area (Å²) in [5, 5.41) is 6.31. The molecule has 16 heavy (non-hydrogen) atoms. The lowest BCUT2D eigenvalue weighted by molar-refractivity contribution is -0.125. The monoisotopic (exact) mass is 232 g/mol. The SMILES string of the molecule is O=C1NCNC2SC(c3ccccc3)=CC12.